The Bertz CT molecular complexity index is 922. The van der Waals surface area contributed by atoms with Gasteiger partial charge in [-0.2, -0.15) is 13.2 Å². The van der Waals surface area contributed by atoms with Gasteiger partial charge in [0.05, 0.1) is 26.9 Å². The molecule has 2 heterocycles. The van der Waals surface area contributed by atoms with Crippen molar-refractivity contribution in [1.82, 2.24) is 4.90 Å². The van der Waals surface area contributed by atoms with E-state index in [-0.39, 0.29) is 39.5 Å². The lowest BCUT2D eigenvalue weighted by atomic mass is 9.89. The smallest absolute Gasteiger partial charge is 0.447 e. The fourth-order valence-electron chi connectivity index (χ4n) is 3.30. The van der Waals surface area contributed by atoms with Crippen LogP contribution < -0.4 is 0 Å². The zero-order valence-electron chi connectivity index (χ0n) is 14.2. The van der Waals surface area contributed by atoms with Crippen molar-refractivity contribution in [2.45, 2.75) is 40.9 Å². The van der Waals surface area contributed by atoms with E-state index in [9.17, 15) is 32.7 Å². The summed E-state index contributed by atoms with van der Waals surface area (Å²) in [4.78, 5) is 37.6. The van der Waals surface area contributed by atoms with E-state index in [0.717, 1.165) is 0 Å². The number of ketones is 1. The molecule has 5 nitrogen and oxygen atoms in total. The SMILES string of the molecule is CC1=C(CC(=O)O)C2=CC(=O)C(Cl)CC2N1C(=O)c1ccc(SC(F)(F)F)s1. The molecule has 1 aliphatic heterocycles. The molecule has 0 aromatic carbocycles. The first-order valence-corrected chi connectivity index (χ1v) is 10.1. The molecule has 2 atom stereocenters. The maximum Gasteiger partial charge on any atom is 0.447 e. The lowest BCUT2D eigenvalue weighted by molar-refractivity contribution is -0.136. The Morgan fingerprint density at radius 2 is 2.07 bits per heavy atom. The van der Waals surface area contributed by atoms with Crippen LogP contribution in [0.15, 0.2) is 39.3 Å². The number of carboxylic acids is 1. The molecule has 2 aliphatic rings. The summed E-state index contributed by atoms with van der Waals surface area (Å²) >= 11 is 6.44. The molecule has 28 heavy (non-hydrogen) atoms. The molecule has 0 saturated carbocycles. The van der Waals surface area contributed by atoms with E-state index in [4.69, 9.17) is 11.6 Å². The Labute approximate surface area is 170 Å². The van der Waals surface area contributed by atoms with Crippen LogP contribution in [0.1, 0.15) is 29.4 Å². The average Bonchev–Trinajstić information content (AvgIpc) is 3.10. The highest BCUT2D eigenvalue weighted by Crippen LogP contribution is 2.44. The highest BCUT2D eigenvalue weighted by Gasteiger charge is 2.43. The van der Waals surface area contributed by atoms with Crippen molar-refractivity contribution in [3.05, 3.63) is 39.9 Å². The molecule has 0 saturated heterocycles. The number of hydrogen-bond donors (Lipinski definition) is 1. The molecule has 0 radical (unpaired) electrons. The zero-order chi connectivity index (χ0) is 20.8. The Morgan fingerprint density at radius 3 is 2.68 bits per heavy atom. The minimum atomic E-state index is -4.46. The summed E-state index contributed by atoms with van der Waals surface area (Å²) in [6.45, 7) is 1.56. The predicted molar refractivity (Wildman–Crippen MR) is 98.5 cm³/mol. The first-order valence-electron chi connectivity index (χ1n) is 7.98. The van der Waals surface area contributed by atoms with Crippen molar-refractivity contribution in [1.29, 1.82) is 0 Å². The summed E-state index contributed by atoms with van der Waals surface area (Å²) in [6, 6.07) is 1.90. The number of allylic oxidation sites excluding steroid dienone is 2. The lowest BCUT2D eigenvalue weighted by Gasteiger charge is -2.30. The van der Waals surface area contributed by atoms with Gasteiger partial charge in [0, 0.05) is 5.70 Å². The van der Waals surface area contributed by atoms with E-state index in [1.807, 2.05) is 0 Å². The largest absolute Gasteiger partial charge is 0.481 e. The zero-order valence-corrected chi connectivity index (χ0v) is 16.6. The summed E-state index contributed by atoms with van der Waals surface area (Å²) in [5.41, 5.74) is -3.32. The van der Waals surface area contributed by atoms with Crippen LogP contribution in [0.4, 0.5) is 13.2 Å². The molecule has 0 fully saturated rings. The number of carbonyl (C=O) groups is 3. The Hall–Kier alpha value is -1.78. The van der Waals surface area contributed by atoms with Gasteiger partial charge >= 0.3 is 11.5 Å². The van der Waals surface area contributed by atoms with Crippen molar-refractivity contribution < 1.29 is 32.7 Å². The van der Waals surface area contributed by atoms with Crippen molar-refractivity contribution >= 4 is 52.4 Å². The highest BCUT2D eigenvalue weighted by atomic mass is 35.5. The molecular weight excluding hydrogens is 439 g/mol. The molecule has 150 valence electrons. The summed E-state index contributed by atoms with van der Waals surface area (Å²) in [5, 5.41) is 8.31. The van der Waals surface area contributed by atoms with E-state index in [1.165, 1.54) is 23.1 Å². The lowest BCUT2D eigenvalue weighted by Crippen LogP contribution is -2.40. The number of alkyl halides is 4. The number of carbonyl (C=O) groups excluding carboxylic acids is 2. The van der Waals surface area contributed by atoms with Gasteiger partial charge in [-0.15, -0.1) is 22.9 Å². The van der Waals surface area contributed by atoms with Crippen molar-refractivity contribution in [2.75, 3.05) is 0 Å². The number of amides is 1. The first kappa shape index (κ1) is 20.9. The van der Waals surface area contributed by atoms with Crippen LogP contribution in [0.25, 0.3) is 0 Å². The van der Waals surface area contributed by atoms with Crippen LogP contribution in [0, 0.1) is 0 Å². The van der Waals surface area contributed by atoms with Crippen LogP contribution in [-0.4, -0.2) is 44.6 Å². The van der Waals surface area contributed by atoms with Gasteiger partial charge < -0.3 is 10.0 Å². The predicted octanol–water partition coefficient (Wildman–Crippen LogP) is 4.44. The molecule has 1 N–H and O–H groups in total. The monoisotopic (exact) mass is 451 g/mol. The topological polar surface area (TPSA) is 74.7 Å². The number of fused-ring (bicyclic) bond motifs is 1. The van der Waals surface area contributed by atoms with Crippen molar-refractivity contribution in [3.63, 3.8) is 0 Å². The number of hydrogen-bond acceptors (Lipinski definition) is 5. The number of thiophene rings is 1. The number of carboxylic acid groups (broad SMARTS) is 1. The third kappa shape index (κ3) is 4.13. The minimum absolute atomic E-state index is 0.0766. The summed E-state index contributed by atoms with van der Waals surface area (Å²) in [6.07, 6.45) is 0.992. The third-order valence-electron chi connectivity index (χ3n) is 4.41. The van der Waals surface area contributed by atoms with Gasteiger partial charge in [0.25, 0.3) is 5.91 Å². The fraction of sp³-hybridized carbons (Fsp3) is 0.353. The maximum atomic E-state index is 13.0. The van der Waals surface area contributed by atoms with Gasteiger partial charge in [0.1, 0.15) is 0 Å². The first-order chi connectivity index (χ1) is 13.0. The van der Waals surface area contributed by atoms with E-state index in [2.05, 4.69) is 0 Å². The number of nitrogens with zero attached hydrogens (tertiary/aromatic N) is 1. The van der Waals surface area contributed by atoms with Gasteiger partial charge in [-0.3, -0.25) is 14.4 Å². The number of halogens is 4. The molecule has 1 aromatic rings. The fourth-order valence-corrected chi connectivity index (χ4v) is 5.29. The van der Waals surface area contributed by atoms with Crippen LogP contribution in [-0.2, 0) is 9.59 Å². The van der Waals surface area contributed by atoms with Gasteiger partial charge in [-0.1, -0.05) is 0 Å². The molecule has 0 spiro atoms. The van der Waals surface area contributed by atoms with Crippen LogP contribution in [0.3, 0.4) is 0 Å². The standard InChI is InChI=1S/C17H13ClF3NO4S2/c1-7-8(5-14(24)25)9-4-12(23)10(18)6-11(9)22(7)16(26)13-2-3-15(27-13)28-17(19,20)21/h2-4,10-11H,5-6H2,1H3,(H,24,25). The molecule has 3 rings (SSSR count). The summed E-state index contributed by atoms with van der Waals surface area (Å²) in [7, 11) is 0. The minimum Gasteiger partial charge on any atom is -0.481 e. The second-order valence-corrected chi connectivity index (χ2v) is 9.17. The normalized spacial score (nSPS) is 22.4. The van der Waals surface area contributed by atoms with E-state index in [0.29, 0.717) is 28.2 Å². The summed E-state index contributed by atoms with van der Waals surface area (Å²) < 4.78 is 37.6. The van der Waals surface area contributed by atoms with Crippen LogP contribution in [0.5, 0.6) is 0 Å². The van der Waals surface area contributed by atoms with Gasteiger partial charge in [0.15, 0.2) is 5.78 Å². The maximum absolute atomic E-state index is 13.0. The summed E-state index contributed by atoms with van der Waals surface area (Å²) in [5.74, 6) is -2.03. The highest BCUT2D eigenvalue weighted by molar-refractivity contribution is 8.02. The Kier molecular flexibility index (Phi) is 5.66. The van der Waals surface area contributed by atoms with E-state index >= 15 is 0 Å². The molecule has 1 aliphatic carbocycles. The Morgan fingerprint density at radius 1 is 1.39 bits per heavy atom. The van der Waals surface area contributed by atoms with Crippen molar-refractivity contribution in [3.8, 4) is 0 Å². The van der Waals surface area contributed by atoms with Crippen LogP contribution >= 0.6 is 34.7 Å². The number of rotatable bonds is 4. The number of aliphatic carboxylic acids is 1. The quantitative estimate of drug-likeness (QED) is 0.541. The third-order valence-corrected chi connectivity index (χ3v) is 6.74. The molecule has 0 bridgehead atoms. The van der Waals surface area contributed by atoms with E-state index in [1.54, 1.807) is 6.92 Å². The van der Waals surface area contributed by atoms with Crippen molar-refractivity contribution in [2.24, 2.45) is 0 Å². The molecule has 11 heteroatoms. The molecular formula is C17H13ClF3NO4S2. The Balaban J connectivity index is 1.96. The molecule has 1 amide bonds. The second kappa shape index (κ2) is 7.57. The average molecular weight is 452 g/mol. The van der Waals surface area contributed by atoms with Gasteiger partial charge in [0.2, 0.25) is 0 Å². The van der Waals surface area contributed by atoms with Crippen LogP contribution in [0.2, 0.25) is 0 Å². The van der Waals surface area contributed by atoms with Gasteiger partial charge in [-0.25, -0.2) is 0 Å². The number of thioether (sulfide) groups is 1. The second-order valence-electron chi connectivity index (χ2n) is 6.20. The molecule has 1 aromatic heterocycles. The molecule has 2 unspecified atom stereocenters. The van der Waals surface area contributed by atoms with E-state index < -0.39 is 28.8 Å². The van der Waals surface area contributed by atoms with Gasteiger partial charge in [-0.05, 0) is 54.5 Å².